The Morgan fingerprint density at radius 1 is 0.800 bits per heavy atom. The van der Waals surface area contributed by atoms with E-state index in [1.807, 2.05) is 0 Å². The molecule has 0 aromatic heterocycles. The van der Waals surface area contributed by atoms with Crippen molar-refractivity contribution >= 4 is 25.3 Å². The molecule has 0 aromatic carbocycles. The normalized spacial score (nSPS) is 14.0. The molecule has 0 amide bonds. The van der Waals surface area contributed by atoms with Gasteiger partial charge in [-0.3, -0.25) is 9.80 Å². The Morgan fingerprint density at radius 3 is 1.27 bits per heavy atom. The van der Waals surface area contributed by atoms with Crippen molar-refractivity contribution in [3.05, 3.63) is 0 Å². The van der Waals surface area contributed by atoms with Gasteiger partial charge in [0.1, 0.15) is 0 Å². The van der Waals surface area contributed by atoms with E-state index in [1.54, 1.807) is 0 Å². The van der Waals surface area contributed by atoms with Crippen LogP contribution in [0.5, 0.6) is 0 Å². The van der Waals surface area contributed by atoms with Crippen molar-refractivity contribution in [1.82, 2.24) is 9.80 Å². The van der Waals surface area contributed by atoms with Crippen LogP contribution in [0.3, 0.4) is 0 Å². The van der Waals surface area contributed by atoms with Gasteiger partial charge in [0.05, 0.1) is 9.74 Å². The molecule has 0 atom stereocenters. The highest BCUT2D eigenvalue weighted by molar-refractivity contribution is 7.81. The molecule has 0 spiro atoms. The Morgan fingerprint density at radius 2 is 1.07 bits per heavy atom. The highest BCUT2D eigenvalue weighted by atomic mass is 32.1. The summed E-state index contributed by atoms with van der Waals surface area (Å²) in [6.07, 6.45) is 1.14. The average molecular weight is 250 g/mol. The van der Waals surface area contributed by atoms with Gasteiger partial charge in [-0.15, -0.1) is 0 Å². The quantitative estimate of drug-likeness (QED) is 0.552. The molecule has 92 valence electrons. The van der Waals surface area contributed by atoms with E-state index in [1.165, 1.54) is 0 Å². The second-order valence-corrected chi connectivity index (χ2v) is 7.37. The van der Waals surface area contributed by atoms with Crippen molar-refractivity contribution in [1.29, 1.82) is 0 Å². The Bertz CT molecular complexity index is 162. The first-order valence-corrected chi connectivity index (χ1v) is 6.32. The zero-order chi connectivity index (χ0) is 12.3. The fourth-order valence-corrected chi connectivity index (χ4v) is 1.29. The second kappa shape index (κ2) is 5.80. The lowest BCUT2D eigenvalue weighted by molar-refractivity contribution is 0.201. The molecule has 0 unspecified atom stereocenters. The zero-order valence-corrected chi connectivity index (χ0v) is 12.7. The summed E-state index contributed by atoms with van der Waals surface area (Å²) in [5.41, 5.74) is 0. The van der Waals surface area contributed by atoms with Gasteiger partial charge in [-0.1, -0.05) is 0 Å². The largest absolute Gasteiger partial charge is 0.293 e. The van der Waals surface area contributed by atoms with Crippen LogP contribution in [0.1, 0.15) is 34.1 Å². The molecule has 0 saturated heterocycles. The summed E-state index contributed by atoms with van der Waals surface area (Å²) < 4.78 is 0. The van der Waals surface area contributed by atoms with Crippen LogP contribution in [0.2, 0.25) is 0 Å². The number of hydrogen-bond donors (Lipinski definition) is 2. The summed E-state index contributed by atoms with van der Waals surface area (Å²) in [5.74, 6) is 0. The van der Waals surface area contributed by atoms with E-state index in [-0.39, 0.29) is 9.74 Å². The molecule has 0 aliphatic heterocycles. The van der Waals surface area contributed by atoms with Gasteiger partial charge in [-0.25, -0.2) is 0 Å². The van der Waals surface area contributed by atoms with Gasteiger partial charge in [-0.2, -0.15) is 25.3 Å². The Hall–Kier alpha value is 0.620. The van der Waals surface area contributed by atoms with Crippen LogP contribution in [0.15, 0.2) is 0 Å². The third kappa shape index (κ3) is 6.72. The fraction of sp³-hybridized carbons (Fsp3) is 1.00. The van der Waals surface area contributed by atoms with Crippen LogP contribution in [0, 0.1) is 0 Å². The average Bonchev–Trinajstić information content (AvgIpc) is 2.00. The topological polar surface area (TPSA) is 6.48 Å². The van der Waals surface area contributed by atoms with E-state index in [4.69, 9.17) is 0 Å². The number of hydrogen-bond acceptors (Lipinski definition) is 4. The van der Waals surface area contributed by atoms with Gasteiger partial charge in [0.2, 0.25) is 0 Å². The van der Waals surface area contributed by atoms with E-state index in [0.717, 1.165) is 19.5 Å². The van der Waals surface area contributed by atoms with Crippen LogP contribution in [-0.4, -0.2) is 46.7 Å². The van der Waals surface area contributed by atoms with Crippen LogP contribution in [0.4, 0.5) is 0 Å². The lowest BCUT2D eigenvalue weighted by Crippen LogP contribution is -2.40. The SMILES string of the molecule is CN(CCCN(C)C(C)(C)S)C(C)(C)S. The van der Waals surface area contributed by atoms with Crippen LogP contribution in [-0.2, 0) is 0 Å². The predicted octanol–water partition coefficient (Wildman–Crippen LogP) is 2.57. The maximum absolute atomic E-state index is 4.53. The minimum absolute atomic E-state index is 0.0327. The van der Waals surface area contributed by atoms with Crippen LogP contribution < -0.4 is 0 Å². The molecule has 0 N–H and O–H groups in total. The van der Waals surface area contributed by atoms with Crippen molar-refractivity contribution in [2.75, 3.05) is 27.2 Å². The molecule has 0 aromatic rings. The van der Waals surface area contributed by atoms with E-state index in [0.29, 0.717) is 0 Å². The lowest BCUT2D eigenvalue weighted by Gasteiger charge is -2.34. The van der Waals surface area contributed by atoms with E-state index in [2.05, 4.69) is 76.8 Å². The molecule has 0 radical (unpaired) electrons. The first-order chi connectivity index (χ1) is 6.55. The molecule has 4 heteroatoms. The Balaban J connectivity index is 3.81. The molecule has 2 nitrogen and oxygen atoms in total. The predicted molar refractivity (Wildman–Crippen MR) is 76.0 cm³/mol. The summed E-state index contributed by atoms with van der Waals surface area (Å²) >= 11 is 9.06. The molecule has 15 heavy (non-hydrogen) atoms. The summed E-state index contributed by atoms with van der Waals surface area (Å²) in [6, 6.07) is 0. The van der Waals surface area contributed by atoms with Gasteiger partial charge in [0.25, 0.3) is 0 Å². The molecule has 0 fully saturated rings. The first kappa shape index (κ1) is 15.6. The summed E-state index contributed by atoms with van der Waals surface area (Å²) in [5, 5.41) is 0. The van der Waals surface area contributed by atoms with Gasteiger partial charge in [0, 0.05) is 13.1 Å². The molecular formula is C11H26N2S2. The number of thiol groups is 2. The fourth-order valence-electron chi connectivity index (χ4n) is 1.09. The zero-order valence-electron chi connectivity index (χ0n) is 10.9. The van der Waals surface area contributed by atoms with Crippen molar-refractivity contribution in [2.24, 2.45) is 0 Å². The third-order valence-corrected chi connectivity index (χ3v) is 3.54. The summed E-state index contributed by atoms with van der Waals surface area (Å²) in [6.45, 7) is 10.6. The molecule has 0 bridgehead atoms. The van der Waals surface area contributed by atoms with E-state index in [9.17, 15) is 0 Å². The van der Waals surface area contributed by atoms with E-state index >= 15 is 0 Å². The van der Waals surface area contributed by atoms with Gasteiger partial charge in [0.15, 0.2) is 0 Å². The maximum atomic E-state index is 4.53. The first-order valence-electron chi connectivity index (χ1n) is 5.42. The molecule has 0 aliphatic carbocycles. The summed E-state index contributed by atoms with van der Waals surface area (Å²) in [7, 11) is 4.22. The molecule has 0 saturated carbocycles. The van der Waals surface area contributed by atoms with Crippen LogP contribution >= 0.6 is 25.3 Å². The molecular weight excluding hydrogens is 224 g/mol. The van der Waals surface area contributed by atoms with E-state index < -0.39 is 0 Å². The Kier molecular flexibility index (Phi) is 6.04. The smallest absolute Gasteiger partial charge is 0.0580 e. The van der Waals surface area contributed by atoms with Gasteiger partial charge in [-0.05, 0) is 48.2 Å². The standard InChI is InChI=1S/C11H26N2S2/c1-10(2,14)12(5)8-7-9-13(6)11(3,4)15/h14-15H,7-9H2,1-6H3. The maximum Gasteiger partial charge on any atom is 0.0580 e. The Labute approximate surface area is 106 Å². The van der Waals surface area contributed by atoms with Gasteiger partial charge < -0.3 is 0 Å². The highest BCUT2D eigenvalue weighted by Gasteiger charge is 2.20. The summed E-state index contributed by atoms with van der Waals surface area (Å²) in [4.78, 5) is 4.45. The van der Waals surface area contributed by atoms with Crippen LogP contribution in [0.25, 0.3) is 0 Å². The molecule has 0 heterocycles. The van der Waals surface area contributed by atoms with Crippen molar-refractivity contribution in [3.8, 4) is 0 Å². The van der Waals surface area contributed by atoms with Gasteiger partial charge >= 0.3 is 0 Å². The number of nitrogens with zero attached hydrogens (tertiary/aromatic N) is 2. The highest BCUT2D eigenvalue weighted by Crippen LogP contribution is 2.18. The third-order valence-electron chi connectivity index (χ3n) is 2.86. The minimum atomic E-state index is -0.0327. The molecule has 0 rings (SSSR count). The van der Waals surface area contributed by atoms with Crippen molar-refractivity contribution < 1.29 is 0 Å². The lowest BCUT2D eigenvalue weighted by atomic mass is 10.2. The van der Waals surface area contributed by atoms with Crippen molar-refractivity contribution in [2.45, 2.75) is 43.9 Å². The second-order valence-electron chi connectivity index (χ2n) is 5.19. The monoisotopic (exact) mass is 250 g/mol. The number of rotatable bonds is 6. The molecule has 0 aliphatic rings. The van der Waals surface area contributed by atoms with Crippen molar-refractivity contribution in [3.63, 3.8) is 0 Å². The minimum Gasteiger partial charge on any atom is -0.293 e.